The molecule has 7 unspecified atom stereocenters. The topological polar surface area (TPSA) is 119 Å². The number of rotatable bonds is 7. The number of hydrogen-bond donors (Lipinski definition) is 2. The molecule has 0 aromatic heterocycles. The first kappa shape index (κ1) is 27.7. The molecule has 0 bridgehead atoms. The van der Waals surface area contributed by atoms with Crippen LogP contribution in [0.15, 0.2) is 12.2 Å². The predicted molar refractivity (Wildman–Crippen MR) is 128 cm³/mol. The Morgan fingerprint density at radius 3 is 2.23 bits per heavy atom. The van der Waals surface area contributed by atoms with Gasteiger partial charge in [-0.05, 0) is 61.2 Å². The molecule has 0 aromatic rings. The van der Waals surface area contributed by atoms with E-state index in [1.54, 1.807) is 0 Å². The third-order valence-corrected chi connectivity index (χ3v) is 9.25. The van der Waals surface area contributed by atoms with Crippen molar-refractivity contribution in [1.82, 2.24) is 0 Å². The monoisotopic (exact) mass is 494 g/mol. The zero-order chi connectivity index (χ0) is 26.2. The Bertz CT molecular complexity index is 850. The van der Waals surface area contributed by atoms with E-state index in [4.69, 9.17) is 14.2 Å². The normalized spacial score (nSPS) is 38.8. The van der Waals surface area contributed by atoms with Crippen molar-refractivity contribution >= 4 is 17.9 Å². The van der Waals surface area contributed by atoms with Crippen molar-refractivity contribution in [2.75, 3.05) is 19.8 Å². The van der Waals surface area contributed by atoms with E-state index in [9.17, 15) is 24.6 Å². The molecule has 8 nitrogen and oxygen atoms in total. The lowest BCUT2D eigenvalue weighted by molar-refractivity contribution is -0.209. The minimum atomic E-state index is -0.957. The van der Waals surface area contributed by atoms with E-state index in [0.29, 0.717) is 19.3 Å². The Morgan fingerprint density at radius 2 is 1.66 bits per heavy atom. The number of ether oxygens (including phenoxy) is 3. The fourth-order valence-electron chi connectivity index (χ4n) is 8.10. The second-order valence-corrected chi connectivity index (χ2v) is 11.8. The average molecular weight is 495 g/mol. The molecule has 8 heteroatoms. The van der Waals surface area contributed by atoms with Crippen LogP contribution >= 0.6 is 0 Å². The zero-order valence-corrected chi connectivity index (χ0v) is 21.8. The van der Waals surface area contributed by atoms with Gasteiger partial charge in [-0.15, -0.1) is 0 Å². The first-order valence-corrected chi connectivity index (χ1v) is 12.7. The highest BCUT2D eigenvalue weighted by molar-refractivity contribution is 5.77. The van der Waals surface area contributed by atoms with Gasteiger partial charge in [0.05, 0.1) is 25.7 Å². The van der Waals surface area contributed by atoms with Gasteiger partial charge in [0.1, 0.15) is 12.2 Å². The van der Waals surface area contributed by atoms with Gasteiger partial charge in [-0.2, -0.15) is 0 Å². The fourth-order valence-corrected chi connectivity index (χ4v) is 8.10. The third-order valence-electron chi connectivity index (χ3n) is 9.25. The molecular formula is C27H42O8. The molecule has 7 atom stereocenters. The number of carbonyl (C=O) groups is 3. The Morgan fingerprint density at radius 1 is 1.00 bits per heavy atom. The number of aliphatic hydroxyl groups is 2. The Labute approximate surface area is 208 Å². The number of carbonyl (C=O) groups excluding carboxylic acids is 3. The predicted octanol–water partition coefficient (Wildman–Crippen LogP) is 3.18. The van der Waals surface area contributed by atoms with Crippen LogP contribution < -0.4 is 0 Å². The van der Waals surface area contributed by atoms with Gasteiger partial charge in [0.15, 0.2) is 0 Å². The SMILES string of the molecule is C=C1CCC2C(C)(CCC3C(C)(COC(C)=O)CC(OC(C)=O)CC32C)C1C(=O)OC(CO)CO. The summed E-state index contributed by atoms with van der Waals surface area (Å²) >= 11 is 0. The van der Waals surface area contributed by atoms with E-state index >= 15 is 0 Å². The highest BCUT2D eigenvalue weighted by atomic mass is 16.6. The van der Waals surface area contributed by atoms with Gasteiger partial charge in [0.25, 0.3) is 0 Å². The van der Waals surface area contributed by atoms with Gasteiger partial charge in [0, 0.05) is 19.3 Å². The van der Waals surface area contributed by atoms with E-state index in [1.165, 1.54) is 13.8 Å². The van der Waals surface area contributed by atoms with Crippen molar-refractivity contribution in [2.45, 2.75) is 85.4 Å². The van der Waals surface area contributed by atoms with Gasteiger partial charge in [-0.25, -0.2) is 0 Å². The lowest BCUT2D eigenvalue weighted by Gasteiger charge is -2.66. The molecule has 0 spiro atoms. The molecule has 0 aromatic carbocycles. The van der Waals surface area contributed by atoms with Gasteiger partial charge in [-0.1, -0.05) is 32.9 Å². The van der Waals surface area contributed by atoms with E-state index in [-0.39, 0.29) is 47.3 Å². The van der Waals surface area contributed by atoms with Gasteiger partial charge < -0.3 is 24.4 Å². The summed E-state index contributed by atoms with van der Waals surface area (Å²) in [6.07, 6.45) is 3.16. The molecule has 0 heterocycles. The van der Waals surface area contributed by atoms with Crippen LogP contribution in [0.3, 0.4) is 0 Å². The third kappa shape index (κ3) is 5.15. The molecule has 3 aliphatic rings. The molecule has 0 saturated heterocycles. The van der Waals surface area contributed by atoms with Gasteiger partial charge >= 0.3 is 17.9 Å². The summed E-state index contributed by atoms with van der Waals surface area (Å²) in [6.45, 7) is 12.9. The van der Waals surface area contributed by atoms with Crippen LogP contribution in [-0.4, -0.2) is 60.1 Å². The molecular weight excluding hydrogens is 452 g/mol. The molecule has 0 amide bonds. The summed E-state index contributed by atoms with van der Waals surface area (Å²) in [5.74, 6) is -1.33. The first-order chi connectivity index (χ1) is 16.3. The van der Waals surface area contributed by atoms with Crippen LogP contribution in [0.2, 0.25) is 0 Å². The number of aliphatic hydroxyl groups excluding tert-OH is 2. The lowest BCUT2D eigenvalue weighted by Crippen LogP contribution is -2.62. The molecule has 198 valence electrons. The van der Waals surface area contributed by atoms with Crippen molar-refractivity contribution in [3.8, 4) is 0 Å². The van der Waals surface area contributed by atoms with Crippen molar-refractivity contribution in [2.24, 2.45) is 34.0 Å². The standard InChI is InChI=1S/C27H42O8/c1-16-7-8-22-26(5,23(16)24(32)35-20(13-28)14-29)10-9-21-25(4,15-33-17(2)30)11-19(34-18(3)31)12-27(21,22)6/h19-23,28-29H,1,7-15H2,2-6H3. The molecule has 0 aliphatic heterocycles. The second kappa shape index (κ2) is 10.2. The zero-order valence-electron chi connectivity index (χ0n) is 21.8. The van der Waals surface area contributed by atoms with Crippen LogP contribution in [0, 0.1) is 34.0 Å². The highest BCUT2D eigenvalue weighted by Crippen LogP contribution is 2.69. The van der Waals surface area contributed by atoms with Crippen LogP contribution in [0.5, 0.6) is 0 Å². The summed E-state index contributed by atoms with van der Waals surface area (Å²) in [7, 11) is 0. The second-order valence-electron chi connectivity index (χ2n) is 11.8. The molecule has 2 N–H and O–H groups in total. The molecule has 3 fully saturated rings. The quantitative estimate of drug-likeness (QED) is 0.315. The Balaban J connectivity index is 1.99. The largest absolute Gasteiger partial charge is 0.465 e. The summed E-state index contributed by atoms with van der Waals surface area (Å²) < 4.78 is 16.8. The van der Waals surface area contributed by atoms with Crippen LogP contribution in [0.1, 0.15) is 73.1 Å². The maximum atomic E-state index is 13.3. The summed E-state index contributed by atoms with van der Waals surface area (Å²) in [5, 5.41) is 18.9. The van der Waals surface area contributed by atoms with Crippen molar-refractivity contribution in [3.63, 3.8) is 0 Å². The van der Waals surface area contributed by atoms with Crippen molar-refractivity contribution in [1.29, 1.82) is 0 Å². The summed E-state index contributed by atoms with van der Waals surface area (Å²) in [6, 6.07) is 0. The van der Waals surface area contributed by atoms with Crippen LogP contribution in [-0.2, 0) is 28.6 Å². The summed E-state index contributed by atoms with van der Waals surface area (Å²) in [5.41, 5.74) is -0.260. The van der Waals surface area contributed by atoms with Gasteiger partial charge in [-0.3, -0.25) is 14.4 Å². The Hall–Kier alpha value is -1.93. The van der Waals surface area contributed by atoms with E-state index < -0.39 is 36.6 Å². The van der Waals surface area contributed by atoms with E-state index in [0.717, 1.165) is 24.8 Å². The molecule has 3 saturated carbocycles. The fraction of sp³-hybridized carbons (Fsp3) is 0.815. The molecule has 35 heavy (non-hydrogen) atoms. The number of fused-ring (bicyclic) bond motifs is 3. The first-order valence-electron chi connectivity index (χ1n) is 12.7. The van der Waals surface area contributed by atoms with Gasteiger partial charge in [0.2, 0.25) is 0 Å². The minimum Gasteiger partial charge on any atom is -0.465 e. The van der Waals surface area contributed by atoms with Crippen LogP contribution in [0.4, 0.5) is 0 Å². The lowest BCUT2D eigenvalue weighted by atomic mass is 9.39. The maximum Gasteiger partial charge on any atom is 0.314 e. The average Bonchev–Trinajstić information content (AvgIpc) is 2.74. The molecule has 3 rings (SSSR count). The smallest absolute Gasteiger partial charge is 0.314 e. The number of esters is 3. The Kier molecular flexibility index (Phi) is 8.07. The van der Waals surface area contributed by atoms with Crippen molar-refractivity contribution < 1.29 is 38.8 Å². The number of hydrogen-bond acceptors (Lipinski definition) is 8. The van der Waals surface area contributed by atoms with E-state index in [1.807, 2.05) is 0 Å². The minimum absolute atomic E-state index is 0.119. The summed E-state index contributed by atoms with van der Waals surface area (Å²) in [4.78, 5) is 37.0. The van der Waals surface area contributed by atoms with E-state index in [2.05, 4.69) is 27.4 Å². The van der Waals surface area contributed by atoms with Crippen LogP contribution in [0.25, 0.3) is 0 Å². The molecule has 0 radical (unpaired) electrons. The highest BCUT2D eigenvalue weighted by Gasteiger charge is 2.65. The molecule has 3 aliphatic carbocycles. The maximum absolute atomic E-state index is 13.3. The van der Waals surface area contributed by atoms with Crippen molar-refractivity contribution in [3.05, 3.63) is 12.2 Å².